The maximum Gasteiger partial charge on any atom is 0.142 e. The first-order valence-electron chi connectivity index (χ1n) is 7.52. The minimum Gasteiger partial charge on any atom is -0.308 e. The van der Waals surface area contributed by atoms with Crippen LogP contribution in [0.1, 0.15) is 44.9 Å². The molecule has 0 aromatic carbocycles. The number of aromatic nitrogens is 2. The number of nitrogens with zero attached hydrogens (tertiary/aromatic N) is 3. The van der Waals surface area contributed by atoms with Crippen molar-refractivity contribution in [2.24, 2.45) is 0 Å². The first-order chi connectivity index (χ1) is 9.27. The van der Waals surface area contributed by atoms with E-state index < -0.39 is 0 Å². The highest BCUT2D eigenvalue weighted by Crippen LogP contribution is 2.32. The Bertz CT molecular complexity index is 400. The summed E-state index contributed by atoms with van der Waals surface area (Å²) in [7, 11) is 0. The van der Waals surface area contributed by atoms with Crippen molar-refractivity contribution < 1.29 is 0 Å². The fourth-order valence-corrected chi connectivity index (χ4v) is 3.46. The van der Waals surface area contributed by atoms with E-state index >= 15 is 0 Å². The summed E-state index contributed by atoms with van der Waals surface area (Å²) in [6.07, 6.45) is 10.5. The van der Waals surface area contributed by atoms with Gasteiger partial charge < -0.3 is 5.32 Å². The molecule has 2 heterocycles. The van der Waals surface area contributed by atoms with Crippen molar-refractivity contribution in [2.75, 3.05) is 13.1 Å². The molecule has 0 amide bonds. The largest absolute Gasteiger partial charge is 0.308 e. The van der Waals surface area contributed by atoms with Gasteiger partial charge in [0.15, 0.2) is 0 Å². The number of piperazine rings is 1. The second-order valence-electron chi connectivity index (χ2n) is 6.14. The van der Waals surface area contributed by atoms with E-state index in [1.54, 1.807) is 0 Å². The van der Waals surface area contributed by atoms with Gasteiger partial charge in [0.1, 0.15) is 5.82 Å². The Hall–Kier alpha value is -1.00. The molecule has 1 aromatic heterocycles. The van der Waals surface area contributed by atoms with E-state index in [-0.39, 0.29) is 0 Å². The van der Waals surface area contributed by atoms with E-state index in [2.05, 4.69) is 27.1 Å². The van der Waals surface area contributed by atoms with Crippen molar-refractivity contribution in [3.05, 3.63) is 24.3 Å². The Morgan fingerprint density at radius 1 is 1.26 bits per heavy atom. The van der Waals surface area contributed by atoms with Crippen molar-refractivity contribution in [3.63, 3.8) is 0 Å². The van der Waals surface area contributed by atoms with Crippen LogP contribution in [0.2, 0.25) is 0 Å². The molecule has 104 valence electrons. The first kappa shape index (κ1) is 13.0. The zero-order chi connectivity index (χ0) is 13.1. The fraction of sp³-hybridized carbons (Fsp3) is 0.733. The van der Waals surface area contributed by atoms with Gasteiger partial charge in [0.25, 0.3) is 0 Å². The summed E-state index contributed by atoms with van der Waals surface area (Å²) in [5.74, 6) is 0.946. The molecule has 1 unspecified atom stereocenters. The average molecular weight is 260 g/mol. The summed E-state index contributed by atoms with van der Waals surface area (Å²) in [5.41, 5.74) is 0.361. The van der Waals surface area contributed by atoms with Crippen molar-refractivity contribution in [3.8, 4) is 0 Å². The molecule has 2 fully saturated rings. The zero-order valence-corrected chi connectivity index (χ0v) is 11.8. The summed E-state index contributed by atoms with van der Waals surface area (Å²) in [6.45, 7) is 5.41. The molecule has 1 saturated heterocycles. The summed E-state index contributed by atoms with van der Waals surface area (Å²) in [5, 5.41) is 3.82. The van der Waals surface area contributed by atoms with Crippen LogP contribution in [-0.4, -0.2) is 39.5 Å². The number of nitrogens with one attached hydrogen (secondary N) is 1. The third kappa shape index (κ3) is 2.95. The van der Waals surface area contributed by atoms with Gasteiger partial charge in [-0.25, -0.2) is 9.97 Å². The quantitative estimate of drug-likeness (QED) is 0.882. The minimum atomic E-state index is 0.361. The lowest BCUT2D eigenvalue weighted by atomic mass is 9.79. The standard InChI is InChI=1S/C15H24N4/c1-13-10-18-15(6-3-2-4-7-15)12-19(13)11-14-16-8-5-9-17-14/h5,8-9,13,18H,2-4,6-7,10-12H2,1H3. The van der Waals surface area contributed by atoms with Gasteiger partial charge in [0, 0.05) is 37.1 Å². The molecule has 0 bridgehead atoms. The molecule has 1 saturated carbocycles. The van der Waals surface area contributed by atoms with Crippen LogP contribution < -0.4 is 5.32 Å². The molecule has 1 aromatic rings. The highest BCUT2D eigenvalue weighted by Gasteiger charge is 2.38. The van der Waals surface area contributed by atoms with Gasteiger partial charge in [-0.1, -0.05) is 19.3 Å². The topological polar surface area (TPSA) is 41.0 Å². The number of rotatable bonds is 2. The predicted octanol–water partition coefficient (Wildman–Crippen LogP) is 1.97. The molecule has 1 aliphatic heterocycles. The Balaban J connectivity index is 1.69. The average Bonchev–Trinajstić information content (AvgIpc) is 2.45. The third-order valence-corrected chi connectivity index (χ3v) is 4.68. The molecule has 3 rings (SSSR count). The lowest BCUT2D eigenvalue weighted by Crippen LogP contribution is -2.63. The van der Waals surface area contributed by atoms with Crippen molar-refractivity contribution >= 4 is 0 Å². The van der Waals surface area contributed by atoms with Gasteiger partial charge in [-0.15, -0.1) is 0 Å². The summed E-state index contributed by atoms with van der Waals surface area (Å²) in [4.78, 5) is 11.3. The highest BCUT2D eigenvalue weighted by molar-refractivity contribution is 5.00. The van der Waals surface area contributed by atoms with Crippen LogP contribution in [-0.2, 0) is 6.54 Å². The van der Waals surface area contributed by atoms with Crippen LogP contribution in [0, 0.1) is 0 Å². The van der Waals surface area contributed by atoms with Crippen LogP contribution in [0.4, 0.5) is 0 Å². The molecule has 19 heavy (non-hydrogen) atoms. The van der Waals surface area contributed by atoms with Gasteiger partial charge in [-0.2, -0.15) is 0 Å². The first-order valence-corrected chi connectivity index (χ1v) is 7.52. The molecule has 1 aliphatic carbocycles. The SMILES string of the molecule is CC1CNC2(CCCCC2)CN1Cc1ncccn1. The summed E-state index contributed by atoms with van der Waals surface area (Å²) >= 11 is 0. The lowest BCUT2D eigenvalue weighted by Gasteiger charge is -2.48. The van der Waals surface area contributed by atoms with Crippen LogP contribution in [0.5, 0.6) is 0 Å². The molecule has 4 nitrogen and oxygen atoms in total. The van der Waals surface area contributed by atoms with Gasteiger partial charge in [0.2, 0.25) is 0 Å². The van der Waals surface area contributed by atoms with Gasteiger partial charge in [-0.3, -0.25) is 4.90 Å². The lowest BCUT2D eigenvalue weighted by molar-refractivity contribution is 0.0555. The van der Waals surface area contributed by atoms with Crippen LogP contribution in [0.15, 0.2) is 18.5 Å². The molecular weight excluding hydrogens is 236 g/mol. The molecule has 0 radical (unpaired) electrons. The molecule has 2 aliphatic rings. The Labute approximate surface area is 115 Å². The van der Waals surface area contributed by atoms with Crippen molar-refractivity contribution in [2.45, 2.75) is 57.2 Å². The second kappa shape index (κ2) is 5.55. The van der Waals surface area contributed by atoms with Crippen molar-refractivity contribution in [1.29, 1.82) is 0 Å². The molecule has 1 N–H and O–H groups in total. The fourth-order valence-electron chi connectivity index (χ4n) is 3.46. The maximum absolute atomic E-state index is 4.37. The van der Waals surface area contributed by atoms with E-state index in [1.807, 2.05) is 18.5 Å². The van der Waals surface area contributed by atoms with Gasteiger partial charge in [0.05, 0.1) is 6.54 Å². The predicted molar refractivity (Wildman–Crippen MR) is 75.7 cm³/mol. The zero-order valence-electron chi connectivity index (χ0n) is 11.8. The Morgan fingerprint density at radius 2 is 2.00 bits per heavy atom. The molecule has 1 atom stereocenters. The minimum absolute atomic E-state index is 0.361. The summed E-state index contributed by atoms with van der Waals surface area (Å²) in [6, 6.07) is 2.45. The van der Waals surface area contributed by atoms with Gasteiger partial charge in [-0.05, 0) is 25.8 Å². The van der Waals surface area contributed by atoms with E-state index in [9.17, 15) is 0 Å². The normalized spacial score (nSPS) is 27.5. The number of hydrogen-bond donors (Lipinski definition) is 1. The molecular formula is C15H24N4. The maximum atomic E-state index is 4.37. The Morgan fingerprint density at radius 3 is 2.74 bits per heavy atom. The molecule has 4 heteroatoms. The van der Waals surface area contributed by atoms with Crippen LogP contribution in [0.25, 0.3) is 0 Å². The van der Waals surface area contributed by atoms with Crippen molar-refractivity contribution in [1.82, 2.24) is 20.2 Å². The van der Waals surface area contributed by atoms with E-state index in [0.717, 1.165) is 25.5 Å². The van der Waals surface area contributed by atoms with Crippen LogP contribution >= 0.6 is 0 Å². The van der Waals surface area contributed by atoms with Crippen LogP contribution in [0.3, 0.4) is 0 Å². The number of hydrogen-bond acceptors (Lipinski definition) is 4. The van der Waals surface area contributed by atoms with Gasteiger partial charge >= 0.3 is 0 Å². The van der Waals surface area contributed by atoms with E-state index in [1.165, 1.54) is 32.1 Å². The van der Waals surface area contributed by atoms with E-state index in [4.69, 9.17) is 0 Å². The monoisotopic (exact) mass is 260 g/mol. The molecule has 1 spiro atoms. The Kier molecular flexibility index (Phi) is 3.80. The third-order valence-electron chi connectivity index (χ3n) is 4.68. The highest BCUT2D eigenvalue weighted by atomic mass is 15.3. The summed E-state index contributed by atoms with van der Waals surface area (Å²) < 4.78 is 0. The van der Waals surface area contributed by atoms with E-state index in [0.29, 0.717) is 11.6 Å². The second-order valence-corrected chi connectivity index (χ2v) is 6.14. The smallest absolute Gasteiger partial charge is 0.142 e.